The quantitative estimate of drug-likeness (QED) is 0.805. The molecule has 0 saturated carbocycles. The lowest BCUT2D eigenvalue weighted by molar-refractivity contribution is -0.00928. The summed E-state index contributed by atoms with van der Waals surface area (Å²) in [7, 11) is 0. The van der Waals surface area contributed by atoms with Crippen molar-refractivity contribution >= 4 is 0 Å². The van der Waals surface area contributed by atoms with Gasteiger partial charge in [0.2, 0.25) is 0 Å². The molecule has 126 valence electrons. The van der Waals surface area contributed by atoms with Crippen LogP contribution in [-0.2, 0) is 17.9 Å². The van der Waals surface area contributed by atoms with E-state index in [2.05, 4.69) is 10.00 Å². The maximum absolute atomic E-state index is 10.3. The van der Waals surface area contributed by atoms with Crippen LogP contribution in [0, 0.1) is 0 Å². The Morgan fingerprint density at radius 1 is 1.39 bits per heavy atom. The fourth-order valence-corrected chi connectivity index (χ4v) is 3.15. The van der Waals surface area contributed by atoms with Crippen LogP contribution in [0.4, 0.5) is 0 Å². The molecule has 0 aromatic carbocycles. The van der Waals surface area contributed by atoms with Crippen molar-refractivity contribution in [3.05, 3.63) is 42.6 Å². The highest BCUT2D eigenvalue weighted by Gasteiger charge is 2.24. The van der Waals surface area contributed by atoms with Gasteiger partial charge in [0.15, 0.2) is 0 Å². The summed E-state index contributed by atoms with van der Waals surface area (Å²) in [4.78, 5) is 2.37. The number of β-amino-alcohol motifs (C(OH)–C–C–N with tert-alkyl or cyclic N) is 1. The van der Waals surface area contributed by atoms with Crippen LogP contribution < -0.4 is 0 Å². The van der Waals surface area contributed by atoms with Gasteiger partial charge in [0.25, 0.3) is 0 Å². The molecule has 1 aliphatic rings. The zero-order valence-electron chi connectivity index (χ0n) is 13.4. The zero-order chi connectivity index (χ0) is 15.9. The second-order valence-electron chi connectivity index (χ2n) is 6.12. The average molecular weight is 319 g/mol. The smallest absolute Gasteiger partial charge is 0.129 e. The first-order valence-corrected chi connectivity index (χ1v) is 8.31. The van der Waals surface area contributed by atoms with Gasteiger partial charge in [-0.25, -0.2) is 0 Å². The van der Waals surface area contributed by atoms with E-state index in [0.717, 1.165) is 25.3 Å². The summed E-state index contributed by atoms with van der Waals surface area (Å²) in [5.74, 6) is 0.784. The van der Waals surface area contributed by atoms with Crippen molar-refractivity contribution in [1.29, 1.82) is 0 Å². The summed E-state index contributed by atoms with van der Waals surface area (Å²) in [5, 5.41) is 14.5. The third-order valence-corrected chi connectivity index (χ3v) is 4.29. The van der Waals surface area contributed by atoms with Gasteiger partial charge in [0, 0.05) is 25.0 Å². The summed E-state index contributed by atoms with van der Waals surface area (Å²) >= 11 is 0. The number of aromatic nitrogens is 2. The highest BCUT2D eigenvalue weighted by Crippen LogP contribution is 2.18. The van der Waals surface area contributed by atoms with Crippen molar-refractivity contribution in [2.24, 2.45) is 0 Å². The molecular formula is C17H25N3O3. The molecule has 3 rings (SSSR count). The number of rotatable bonds is 8. The maximum Gasteiger partial charge on any atom is 0.129 e. The Bertz CT molecular complexity index is 541. The van der Waals surface area contributed by atoms with Gasteiger partial charge in [-0.3, -0.25) is 9.58 Å². The van der Waals surface area contributed by atoms with Crippen molar-refractivity contribution < 1.29 is 14.3 Å². The Hall–Kier alpha value is -1.63. The van der Waals surface area contributed by atoms with E-state index in [9.17, 15) is 5.11 Å². The van der Waals surface area contributed by atoms with Crippen LogP contribution >= 0.6 is 0 Å². The van der Waals surface area contributed by atoms with Gasteiger partial charge in [-0.15, -0.1) is 0 Å². The molecule has 0 bridgehead atoms. The normalized spacial score (nSPS) is 20.7. The third-order valence-electron chi connectivity index (χ3n) is 4.29. The number of hydrogen-bond donors (Lipinski definition) is 1. The molecule has 1 saturated heterocycles. The van der Waals surface area contributed by atoms with Gasteiger partial charge in [-0.1, -0.05) is 6.42 Å². The Morgan fingerprint density at radius 2 is 2.35 bits per heavy atom. The minimum atomic E-state index is -0.483. The molecule has 0 aliphatic carbocycles. The average Bonchev–Trinajstić information content (AvgIpc) is 3.23. The first kappa shape index (κ1) is 16.2. The molecule has 3 heterocycles. The summed E-state index contributed by atoms with van der Waals surface area (Å²) in [6.07, 6.45) is 8.54. The fourth-order valence-electron chi connectivity index (χ4n) is 3.15. The van der Waals surface area contributed by atoms with E-state index in [-0.39, 0.29) is 0 Å². The lowest BCUT2D eigenvalue weighted by Gasteiger charge is -2.36. The third kappa shape index (κ3) is 4.92. The lowest BCUT2D eigenvalue weighted by Crippen LogP contribution is -2.46. The molecule has 1 aliphatic heterocycles. The number of likely N-dealkylation sites (tertiary alicyclic amines) is 1. The first-order chi connectivity index (χ1) is 11.3. The van der Waals surface area contributed by atoms with Crippen LogP contribution in [0.15, 0.2) is 41.3 Å². The van der Waals surface area contributed by atoms with Gasteiger partial charge >= 0.3 is 0 Å². The van der Waals surface area contributed by atoms with Crippen LogP contribution in [-0.4, -0.2) is 51.6 Å². The van der Waals surface area contributed by atoms with Gasteiger partial charge in [0.1, 0.15) is 12.4 Å². The van der Waals surface area contributed by atoms with Crippen LogP contribution in [0.2, 0.25) is 0 Å². The van der Waals surface area contributed by atoms with Crippen molar-refractivity contribution in [2.75, 3.05) is 19.7 Å². The number of nitrogens with zero attached hydrogens (tertiary/aromatic N) is 3. The molecule has 0 radical (unpaired) electrons. The molecule has 0 spiro atoms. The van der Waals surface area contributed by atoms with Crippen molar-refractivity contribution in [2.45, 2.75) is 44.6 Å². The van der Waals surface area contributed by atoms with E-state index in [1.54, 1.807) is 6.26 Å². The minimum absolute atomic E-state index is 0.325. The second kappa shape index (κ2) is 8.29. The summed E-state index contributed by atoms with van der Waals surface area (Å²) in [5.41, 5.74) is 0. The fraction of sp³-hybridized carbons (Fsp3) is 0.588. The summed E-state index contributed by atoms with van der Waals surface area (Å²) < 4.78 is 12.7. The van der Waals surface area contributed by atoms with Crippen LogP contribution in [0.25, 0.3) is 0 Å². The predicted octanol–water partition coefficient (Wildman–Crippen LogP) is 1.91. The monoisotopic (exact) mass is 319 g/mol. The van der Waals surface area contributed by atoms with Crippen LogP contribution in [0.3, 0.4) is 0 Å². The number of ether oxygens (including phenoxy) is 1. The molecule has 0 unspecified atom stereocenters. The van der Waals surface area contributed by atoms with Crippen molar-refractivity contribution in [3.8, 4) is 0 Å². The number of piperidine rings is 1. The van der Waals surface area contributed by atoms with E-state index < -0.39 is 6.10 Å². The van der Waals surface area contributed by atoms with E-state index >= 15 is 0 Å². The standard InChI is InChI=1S/C17H25N3O3/c21-16(13-22-14-17-6-3-10-23-17)12-19-8-2-1-5-15(19)11-20-9-4-7-18-20/h3-4,6-7,9-10,15-16,21H,1-2,5,8,11-14H2/t15-,16-/m1/s1. The Morgan fingerprint density at radius 3 is 3.13 bits per heavy atom. The van der Waals surface area contributed by atoms with Gasteiger partial charge in [-0.2, -0.15) is 5.10 Å². The molecule has 2 atom stereocenters. The molecule has 2 aromatic rings. The van der Waals surface area contributed by atoms with E-state index in [1.807, 2.05) is 35.3 Å². The molecule has 6 heteroatoms. The number of aliphatic hydroxyl groups is 1. The number of hydrogen-bond acceptors (Lipinski definition) is 5. The van der Waals surface area contributed by atoms with Crippen LogP contribution in [0.5, 0.6) is 0 Å². The highest BCUT2D eigenvalue weighted by atomic mass is 16.5. The molecule has 2 aromatic heterocycles. The Kier molecular flexibility index (Phi) is 5.85. The molecule has 6 nitrogen and oxygen atoms in total. The first-order valence-electron chi connectivity index (χ1n) is 8.31. The van der Waals surface area contributed by atoms with Crippen molar-refractivity contribution in [3.63, 3.8) is 0 Å². The second-order valence-corrected chi connectivity index (χ2v) is 6.12. The number of furan rings is 1. The Balaban J connectivity index is 1.44. The molecular weight excluding hydrogens is 294 g/mol. The van der Waals surface area contributed by atoms with Crippen LogP contribution in [0.1, 0.15) is 25.0 Å². The number of aliphatic hydroxyl groups excluding tert-OH is 1. The van der Waals surface area contributed by atoms with Gasteiger partial charge in [0.05, 0.1) is 25.5 Å². The van der Waals surface area contributed by atoms with E-state index in [1.165, 1.54) is 12.8 Å². The van der Waals surface area contributed by atoms with Gasteiger partial charge in [-0.05, 0) is 37.6 Å². The van der Waals surface area contributed by atoms with Gasteiger partial charge < -0.3 is 14.3 Å². The molecule has 23 heavy (non-hydrogen) atoms. The summed E-state index contributed by atoms with van der Waals surface area (Å²) in [6, 6.07) is 6.09. The maximum atomic E-state index is 10.3. The summed E-state index contributed by atoms with van der Waals surface area (Å²) in [6.45, 7) is 3.28. The highest BCUT2D eigenvalue weighted by molar-refractivity contribution is 4.96. The Labute approximate surface area is 136 Å². The van der Waals surface area contributed by atoms with E-state index in [0.29, 0.717) is 25.8 Å². The molecule has 1 fully saturated rings. The molecule has 1 N–H and O–H groups in total. The van der Waals surface area contributed by atoms with E-state index in [4.69, 9.17) is 9.15 Å². The minimum Gasteiger partial charge on any atom is -0.467 e. The predicted molar refractivity (Wildman–Crippen MR) is 85.8 cm³/mol. The zero-order valence-corrected chi connectivity index (χ0v) is 13.4. The topological polar surface area (TPSA) is 63.7 Å². The van der Waals surface area contributed by atoms with Crippen molar-refractivity contribution in [1.82, 2.24) is 14.7 Å². The molecule has 0 amide bonds. The lowest BCUT2D eigenvalue weighted by atomic mass is 10.0. The SMILES string of the molecule is O[C@@H](COCc1ccco1)CN1CCCC[C@@H]1Cn1cccn1. The largest absolute Gasteiger partial charge is 0.467 e.